The fourth-order valence-electron chi connectivity index (χ4n) is 2.92. The van der Waals surface area contributed by atoms with Crippen molar-refractivity contribution in [2.24, 2.45) is 11.8 Å². The molecule has 2 rings (SSSR count). The molecule has 1 fully saturated rings. The predicted octanol–water partition coefficient (Wildman–Crippen LogP) is 3.56. The van der Waals surface area contributed by atoms with Crippen LogP contribution >= 0.6 is 0 Å². The molecule has 1 aromatic rings. The monoisotopic (exact) mass is 236 g/mol. The second-order valence-corrected chi connectivity index (χ2v) is 5.65. The number of hydrogen-bond acceptors (Lipinski definition) is 1. The third kappa shape index (κ3) is 2.68. The lowest BCUT2D eigenvalue weighted by Crippen LogP contribution is -2.43. The number of benzene rings is 1. The highest BCUT2D eigenvalue weighted by molar-refractivity contribution is 5.20. The molecule has 0 saturated heterocycles. The van der Waals surface area contributed by atoms with Crippen LogP contribution in [-0.2, 0) is 6.42 Å². The van der Waals surface area contributed by atoms with Gasteiger partial charge in [0.1, 0.15) is 5.82 Å². The van der Waals surface area contributed by atoms with Crippen LogP contribution in [0, 0.1) is 17.7 Å². The Bertz CT molecular complexity index is 390. The molecule has 3 unspecified atom stereocenters. The summed E-state index contributed by atoms with van der Waals surface area (Å²) in [5, 5.41) is 10.7. The van der Waals surface area contributed by atoms with Crippen LogP contribution in [0.4, 0.5) is 4.39 Å². The molecule has 1 nitrogen and oxygen atoms in total. The SMILES string of the molecule is CC1CCC(O)(Cc2ccccc2F)C(C)C1. The Kier molecular flexibility index (Phi) is 3.53. The van der Waals surface area contributed by atoms with Crippen LogP contribution in [0.3, 0.4) is 0 Å². The minimum atomic E-state index is -0.727. The smallest absolute Gasteiger partial charge is 0.126 e. The zero-order valence-corrected chi connectivity index (χ0v) is 10.6. The summed E-state index contributed by atoms with van der Waals surface area (Å²) in [5.74, 6) is 0.712. The quantitative estimate of drug-likeness (QED) is 0.832. The van der Waals surface area contributed by atoms with Crippen LogP contribution in [0.15, 0.2) is 24.3 Å². The average Bonchev–Trinajstić information content (AvgIpc) is 2.28. The first kappa shape index (κ1) is 12.6. The first-order chi connectivity index (χ1) is 8.01. The summed E-state index contributed by atoms with van der Waals surface area (Å²) in [6.07, 6.45) is 3.29. The van der Waals surface area contributed by atoms with Gasteiger partial charge in [-0.2, -0.15) is 0 Å². The Morgan fingerprint density at radius 2 is 2.06 bits per heavy atom. The molecule has 1 N–H and O–H groups in total. The largest absolute Gasteiger partial charge is 0.389 e. The maximum absolute atomic E-state index is 13.6. The van der Waals surface area contributed by atoms with Gasteiger partial charge in [0, 0.05) is 6.42 Å². The van der Waals surface area contributed by atoms with E-state index < -0.39 is 5.60 Å². The van der Waals surface area contributed by atoms with Crippen LogP contribution in [0.2, 0.25) is 0 Å². The molecule has 2 heteroatoms. The topological polar surface area (TPSA) is 20.2 Å². The van der Waals surface area contributed by atoms with Crippen molar-refractivity contribution in [3.63, 3.8) is 0 Å². The van der Waals surface area contributed by atoms with Gasteiger partial charge < -0.3 is 5.11 Å². The van der Waals surface area contributed by atoms with E-state index in [1.807, 2.05) is 6.07 Å². The molecule has 1 aliphatic carbocycles. The normalized spacial score (nSPS) is 33.6. The molecule has 0 aliphatic heterocycles. The summed E-state index contributed by atoms with van der Waals surface area (Å²) in [7, 11) is 0. The minimum absolute atomic E-state index is 0.202. The van der Waals surface area contributed by atoms with Crippen LogP contribution < -0.4 is 0 Å². The Balaban J connectivity index is 2.15. The summed E-state index contributed by atoms with van der Waals surface area (Å²) in [5.41, 5.74) is -0.0919. The first-order valence-corrected chi connectivity index (χ1v) is 6.47. The number of rotatable bonds is 2. The molecular weight excluding hydrogens is 215 g/mol. The van der Waals surface area contributed by atoms with Gasteiger partial charge in [-0.25, -0.2) is 4.39 Å². The van der Waals surface area contributed by atoms with E-state index in [2.05, 4.69) is 13.8 Å². The molecule has 1 aromatic carbocycles. The van der Waals surface area contributed by atoms with Crippen LogP contribution in [0.1, 0.15) is 38.7 Å². The molecule has 0 bridgehead atoms. The lowest BCUT2D eigenvalue weighted by Gasteiger charge is -2.41. The van der Waals surface area contributed by atoms with Gasteiger partial charge in [0.15, 0.2) is 0 Å². The zero-order valence-electron chi connectivity index (χ0n) is 10.6. The standard InChI is InChI=1S/C15H21FO/c1-11-7-8-15(17,12(2)9-11)10-13-5-3-4-6-14(13)16/h3-6,11-12,17H,7-10H2,1-2H3. The predicted molar refractivity (Wildman–Crippen MR) is 67.2 cm³/mol. The van der Waals surface area contributed by atoms with Gasteiger partial charge in [0.05, 0.1) is 5.60 Å². The first-order valence-electron chi connectivity index (χ1n) is 6.47. The summed E-state index contributed by atoms with van der Waals surface area (Å²) in [4.78, 5) is 0. The molecule has 0 heterocycles. The van der Waals surface area contributed by atoms with E-state index in [1.54, 1.807) is 12.1 Å². The average molecular weight is 236 g/mol. The second kappa shape index (κ2) is 4.77. The summed E-state index contributed by atoms with van der Waals surface area (Å²) >= 11 is 0. The van der Waals surface area contributed by atoms with Crippen LogP contribution in [0.5, 0.6) is 0 Å². The minimum Gasteiger partial charge on any atom is -0.389 e. The van der Waals surface area contributed by atoms with Gasteiger partial charge >= 0.3 is 0 Å². The van der Waals surface area contributed by atoms with Gasteiger partial charge in [-0.05, 0) is 42.7 Å². The summed E-state index contributed by atoms with van der Waals surface area (Å²) in [6, 6.07) is 6.76. The Labute approximate surface area is 103 Å². The molecule has 3 atom stereocenters. The zero-order chi connectivity index (χ0) is 12.5. The van der Waals surface area contributed by atoms with E-state index in [0.29, 0.717) is 17.9 Å². The molecule has 0 radical (unpaired) electrons. The fraction of sp³-hybridized carbons (Fsp3) is 0.600. The van der Waals surface area contributed by atoms with Crippen molar-refractivity contribution in [1.82, 2.24) is 0 Å². The second-order valence-electron chi connectivity index (χ2n) is 5.65. The van der Waals surface area contributed by atoms with Crippen molar-refractivity contribution in [3.05, 3.63) is 35.6 Å². The van der Waals surface area contributed by atoms with Crippen molar-refractivity contribution in [2.45, 2.75) is 45.1 Å². The van der Waals surface area contributed by atoms with Gasteiger partial charge in [-0.1, -0.05) is 32.0 Å². The highest BCUT2D eigenvalue weighted by Crippen LogP contribution is 2.39. The Hall–Kier alpha value is -0.890. The highest BCUT2D eigenvalue weighted by atomic mass is 19.1. The van der Waals surface area contributed by atoms with Crippen molar-refractivity contribution in [1.29, 1.82) is 0 Å². The number of halogens is 1. The molecule has 0 amide bonds. The number of hydrogen-bond donors (Lipinski definition) is 1. The van der Waals surface area contributed by atoms with E-state index in [9.17, 15) is 9.50 Å². The molecule has 0 spiro atoms. The van der Waals surface area contributed by atoms with Crippen molar-refractivity contribution in [2.75, 3.05) is 0 Å². The third-order valence-corrected chi connectivity index (χ3v) is 4.20. The van der Waals surface area contributed by atoms with Gasteiger partial charge in [-0.3, -0.25) is 0 Å². The van der Waals surface area contributed by atoms with Gasteiger partial charge in [0.2, 0.25) is 0 Å². The molecule has 17 heavy (non-hydrogen) atoms. The molecular formula is C15H21FO. The van der Waals surface area contributed by atoms with Crippen LogP contribution in [0.25, 0.3) is 0 Å². The molecule has 1 saturated carbocycles. The van der Waals surface area contributed by atoms with E-state index in [4.69, 9.17) is 0 Å². The summed E-state index contributed by atoms with van der Waals surface area (Å²) in [6.45, 7) is 4.30. The van der Waals surface area contributed by atoms with Crippen molar-refractivity contribution < 1.29 is 9.50 Å². The Morgan fingerprint density at radius 3 is 2.71 bits per heavy atom. The van der Waals surface area contributed by atoms with Crippen LogP contribution in [-0.4, -0.2) is 10.7 Å². The van der Waals surface area contributed by atoms with Gasteiger partial charge in [0.25, 0.3) is 0 Å². The van der Waals surface area contributed by atoms with E-state index >= 15 is 0 Å². The Morgan fingerprint density at radius 1 is 1.35 bits per heavy atom. The van der Waals surface area contributed by atoms with Crippen molar-refractivity contribution in [3.8, 4) is 0 Å². The maximum Gasteiger partial charge on any atom is 0.126 e. The fourth-order valence-corrected chi connectivity index (χ4v) is 2.92. The molecule has 94 valence electrons. The lowest BCUT2D eigenvalue weighted by atomic mass is 9.70. The van der Waals surface area contributed by atoms with Gasteiger partial charge in [-0.15, -0.1) is 0 Å². The number of aliphatic hydroxyl groups is 1. The maximum atomic E-state index is 13.6. The van der Waals surface area contributed by atoms with Crippen molar-refractivity contribution >= 4 is 0 Å². The third-order valence-electron chi connectivity index (χ3n) is 4.20. The highest BCUT2D eigenvalue weighted by Gasteiger charge is 2.38. The van der Waals surface area contributed by atoms with E-state index in [1.165, 1.54) is 6.07 Å². The van der Waals surface area contributed by atoms with E-state index in [-0.39, 0.29) is 11.7 Å². The molecule has 0 aromatic heterocycles. The molecule has 1 aliphatic rings. The summed E-state index contributed by atoms with van der Waals surface area (Å²) < 4.78 is 13.6. The lowest BCUT2D eigenvalue weighted by molar-refractivity contribution is -0.0527. The van der Waals surface area contributed by atoms with E-state index in [0.717, 1.165) is 19.3 Å².